The van der Waals surface area contributed by atoms with E-state index in [1.807, 2.05) is 13.2 Å². The van der Waals surface area contributed by atoms with Crippen molar-refractivity contribution >= 4 is 5.69 Å². The summed E-state index contributed by atoms with van der Waals surface area (Å²) in [5.41, 5.74) is 1.54. The highest BCUT2D eigenvalue weighted by molar-refractivity contribution is 5.44. The fraction of sp³-hybridized carbons (Fsp3) is 0.182. The second-order valence-electron chi connectivity index (χ2n) is 3.36. The van der Waals surface area contributed by atoms with Gasteiger partial charge in [0.15, 0.2) is 0 Å². The van der Waals surface area contributed by atoms with Gasteiger partial charge < -0.3 is 5.32 Å². The highest BCUT2D eigenvalue weighted by Gasteiger charge is 2.00. The van der Waals surface area contributed by atoms with E-state index in [0.29, 0.717) is 12.2 Å². The summed E-state index contributed by atoms with van der Waals surface area (Å²) in [7, 11) is 1.85. The number of anilines is 1. The molecule has 0 amide bonds. The van der Waals surface area contributed by atoms with E-state index in [1.54, 1.807) is 29.1 Å². The van der Waals surface area contributed by atoms with Gasteiger partial charge in [-0.3, -0.25) is 4.68 Å². The fourth-order valence-corrected chi connectivity index (χ4v) is 1.37. The molecule has 0 bridgehead atoms. The van der Waals surface area contributed by atoms with Gasteiger partial charge in [-0.05, 0) is 12.1 Å². The van der Waals surface area contributed by atoms with Crippen LogP contribution < -0.4 is 5.32 Å². The van der Waals surface area contributed by atoms with Gasteiger partial charge in [0.1, 0.15) is 5.82 Å². The predicted molar refractivity (Wildman–Crippen MR) is 56.9 cm³/mol. The van der Waals surface area contributed by atoms with Crippen molar-refractivity contribution in [2.24, 2.45) is 7.05 Å². The summed E-state index contributed by atoms with van der Waals surface area (Å²) < 4.78 is 14.9. The number of aryl methyl sites for hydroxylation is 1. The van der Waals surface area contributed by atoms with E-state index < -0.39 is 0 Å². The number of para-hydroxylation sites is 1. The predicted octanol–water partition coefficient (Wildman–Crippen LogP) is 2.17. The van der Waals surface area contributed by atoms with Crippen LogP contribution in [0.1, 0.15) is 5.56 Å². The molecule has 1 aromatic heterocycles. The van der Waals surface area contributed by atoms with E-state index in [1.165, 1.54) is 6.07 Å². The zero-order chi connectivity index (χ0) is 10.7. The van der Waals surface area contributed by atoms with Crippen molar-refractivity contribution in [1.82, 2.24) is 9.78 Å². The molecular weight excluding hydrogens is 193 g/mol. The maximum absolute atomic E-state index is 13.2. The van der Waals surface area contributed by atoms with Crippen LogP contribution in [0.5, 0.6) is 0 Å². The van der Waals surface area contributed by atoms with Crippen LogP contribution in [0.4, 0.5) is 10.1 Å². The van der Waals surface area contributed by atoms with Crippen molar-refractivity contribution in [2.75, 3.05) is 5.32 Å². The first-order valence-electron chi connectivity index (χ1n) is 4.71. The first kappa shape index (κ1) is 9.71. The standard InChI is InChI=1S/C11H12FN3/c1-15-8-9(7-14-15)6-13-11-5-3-2-4-10(11)12/h2-5,7-8,13H,6H2,1H3. The second-order valence-corrected chi connectivity index (χ2v) is 3.36. The molecule has 1 heterocycles. The lowest BCUT2D eigenvalue weighted by Crippen LogP contribution is -2.00. The Hall–Kier alpha value is -1.84. The van der Waals surface area contributed by atoms with Crippen LogP contribution >= 0.6 is 0 Å². The van der Waals surface area contributed by atoms with Gasteiger partial charge in [0.05, 0.1) is 11.9 Å². The minimum atomic E-state index is -0.235. The third-order valence-electron chi connectivity index (χ3n) is 2.12. The van der Waals surface area contributed by atoms with E-state index in [0.717, 1.165) is 5.56 Å². The lowest BCUT2D eigenvalue weighted by atomic mass is 10.3. The number of rotatable bonds is 3. The maximum atomic E-state index is 13.2. The van der Waals surface area contributed by atoms with Crippen molar-refractivity contribution < 1.29 is 4.39 Å². The maximum Gasteiger partial charge on any atom is 0.146 e. The Morgan fingerprint density at radius 2 is 2.20 bits per heavy atom. The van der Waals surface area contributed by atoms with Gasteiger partial charge >= 0.3 is 0 Å². The molecule has 4 heteroatoms. The van der Waals surface area contributed by atoms with E-state index >= 15 is 0 Å². The Labute approximate surface area is 87.5 Å². The van der Waals surface area contributed by atoms with Crippen LogP contribution in [0.2, 0.25) is 0 Å². The van der Waals surface area contributed by atoms with Gasteiger partial charge in [-0.25, -0.2) is 4.39 Å². The minimum absolute atomic E-state index is 0.235. The quantitative estimate of drug-likeness (QED) is 0.832. The van der Waals surface area contributed by atoms with Gasteiger partial charge in [0, 0.05) is 25.4 Å². The smallest absolute Gasteiger partial charge is 0.146 e. The summed E-state index contributed by atoms with van der Waals surface area (Å²) >= 11 is 0. The average molecular weight is 205 g/mol. The Morgan fingerprint density at radius 3 is 2.87 bits per heavy atom. The SMILES string of the molecule is Cn1cc(CNc2ccccc2F)cn1. The van der Waals surface area contributed by atoms with Gasteiger partial charge in [-0.2, -0.15) is 5.10 Å². The number of nitrogens with one attached hydrogen (secondary N) is 1. The molecule has 0 fully saturated rings. The first-order chi connectivity index (χ1) is 7.25. The molecule has 3 nitrogen and oxygen atoms in total. The Kier molecular flexibility index (Phi) is 2.67. The molecule has 0 unspecified atom stereocenters. The van der Waals surface area contributed by atoms with Crippen LogP contribution in [0.3, 0.4) is 0 Å². The largest absolute Gasteiger partial charge is 0.378 e. The summed E-state index contributed by atoms with van der Waals surface area (Å²) in [4.78, 5) is 0. The number of hydrogen-bond acceptors (Lipinski definition) is 2. The molecule has 0 spiro atoms. The number of halogens is 1. The van der Waals surface area contributed by atoms with Gasteiger partial charge in [-0.1, -0.05) is 12.1 Å². The molecule has 0 radical (unpaired) electrons. The number of hydrogen-bond donors (Lipinski definition) is 1. The number of benzene rings is 1. The van der Waals surface area contributed by atoms with Crippen LogP contribution in [-0.4, -0.2) is 9.78 Å². The molecular formula is C11H12FN3. The Bertz CT molecular complexity index is 451. The van der Waals surface area contributed by atoms with Crippen molar-refractivity contribution in [1.29, 1.82) is 0 Å². The van der Waals surface area contributed by atoms with Gasteiger partial charge in [0.25, 0.3) is 0 Å². The zero-order valence-corrected chi connectivity index (χ0v) is 8.44. The molecule has 2 aromatic rings. The third-order valence-corrected chi connectivity index (χ3v) is 2.12. The molecule has 1 aromatic carbocycles. The molecule has 1 N–H and O–H groups in total. The normalized spacial score (nSPS) is 10.3. The summed E-state index contributed by atoms with van der Waals surface area (Å²) in [6.45, 7) is 0.578. The van der Waals surface area contributed by atoms with E-state index in [-0.39, 0.29) is 5.82 Å². The fourth-order valence-electron chi connectivity index (χ4n) is 1.37. The van der Waals surface area contributed by atoms with Crippen LogP contribution in [0.15, 0.2) is 36.7 Å². The number of nitrogens with zero attached hydrogens (tertiary/aromatic N) is 2. The van der Waals surface area contributed by atoms with Gasteiger partial charge in [0.2, 0.25) is 0 Å². The monoisotopic (exact) mass is 205 g/mol. The lowest BCUT2D eigenvalue weighted by molar-refractivity contribution is 0.630. The average Bonchev–Trinajstić information content (AvgIpc) is 2.63. The van der Waals surface area contributed by atoms with Crippen molar-refractivity contribution in [2.45, 2.75) is 6.54 Å². The Balaban J connectivity index is 2.02. The molecule has 2 rings (SSSR count). The Morgan fingerprint density at radius 1 is 1.40 bits per heavy atom. The zero-order valence-electron chi connectivity index (χ0n) is 8.44. The van der Waals surface area contributed by atoms with E-state index in [9.17, 15) is 4.39 Å². The first-order valence-corrected chi connectivity index (χ1v) is 4.71. The van der Waals surface area contributed by atoms with Crippen LogP contribution in [-0.2, 0) is 13.6 Å². The molecule has 0 saturated carbocycles. The highest BCUT2D eigenvalue weighted by atomic mass is 19.1. The second kappa shape index (κ2) is 4.13. The highest BCUT2D eigenvalue weighted by Crippen LogP contribution is 2.13. The molecule has 0 aliphatic carbocycles. The van der Waals surface area contributed by atoms with Crippen LogP contribution in [0, 0.1) is 5.82 Å². The third kappa shape index (κ3) is 2.34. The molecule has 0 aliphatic heterocycles. The number of aromatic nitrogens is 2. The van der Waals surface area contributed by atoms with E-state index in [4.69, 9.17) is 0 Å². The molecule has 0 saturated heterocycles. The summed E-state index contributed by atoms with van der Waals surface area (Å²) in [5.74, 6) is -0.235. The summed E-state index contributed by atoms with van der Waals surface area (Å²) in [5, 5.41) is 7.05. The van der Waals surface area contributed by atoms with Crippen molar-refractivity contribution in [3.05, 3.63) is 48.0 Å². The molecule has 78 valence electrons. The summed E-state index contributed by atoms with van der Waals surface area (Å²) in [6.07, 6.45) is 3.65. The van der Waals surface area contributed by atoms with Crippen molar-refractivity contribution in [3.63, 3.8) is 0 Å². The molecule has 0 aliphatic rings. The van der Waals surface area contributed by atoms with Gasteiger partial charge in [-0.15, -0.1) is 0 Å². The van der Waals surface area contributed by atoms with Crippen LogP contribution in [0.25, 0.3) is 0 Å². The molecule has 15 heavy (non-hydrogen) atoms. The lowest BCUT2D eigenvalue weighted by Gasteiger charge is -2.04. The minimum Gasteiger partial charge on any atom is -0.378 e. The van der Waals surface area contributed by atoms with Crippen molar-refractivity contribution in [3.8, 4) is 0 Å². The topological polar surface area (TPSA) is 29.9 Å². The summed E-state index contributed by atoms with van der Waals surface area (Å²) in [6, 6.07) is 6.62. The molecule has 0 atom stereocenters. The van der Waals surface area contributed by atoms with E-state index in [2.05, 4.69) is 10.4 Å².